The van der Waals surface area contributed by atoms with Gasteiger partial charge in [0.15, 0.2) is 11.5 Å². The predicted molar refractivity (Wildman–Crippen MR) is 74.8 cm³/mol. The molecule has 0 aromatic heterocycles. The lowest BCUT2D eigenvalue weighted by Crippen LogP contribution is -2.41. The van der Waals surface area contributed by atoms with E-state index in [2.05, 4.69) is 39.9 Å². The van der Waals surface area contributed by atoms with Crippen LogP contribution in [-0.2, 0) is 6.54 Å². The first-order valence-corrected chi connectivity index (χ1v) is 6.35. The zero-order chi connectivity index (χ0) is 14.0. The summed E-state index contributed by atoms with van der Waals surface area (Å²) in [6.07, 6.45) is 1.06. The molecule has 0 aliphatic heterocycles. The number of rotatable bonds is 4. The van der Waals surface area contributed by atoms with Gasteiger partial charge in [-0.05, 0) is 43.4 Å². The topological polar surface area (TPSA) is 52.5 Å². The molecular formula is C15H25NO2. The van der Waals surface area contributed by atoms with E-state index >= 15 is 0 Å². The molecule has 1 rings (SSSR count). The van der Waals surface area contributed by atoms with Gasteiger partial charge in [-0.2, -0.15) is 0 Å². The van der Waals surface area contributed by atoms with Crippen molar-refractivity contribution in [3.05, 3.63) is 23.8 Å². The van der Waals surface area contributed by atoms with Crippen LogP contribution >= 0.6 is 0 Å². The van der Waals surface area contributed by atoms with E-state index in [0.717, 1.165) is 12.0 Å². The number of benzene rings is 1. The van der Waals surface area contributed by atoms with Crippen LogP contribution in [0, 0.1) is 5.41 Å². The Labute approximate surface area is 110 Å². The highest BCUT2D eigenvalue weighted by Gasteiger charge is 2.24. The molecule has 3 heteroatoms. The van der Waals surface area contributed by atoms with Gasteiger partial charge in [-0.1, -0.05) is 26.8 Å². The molecule has 3 nitrogen and oxygen atoms in total. The number of aromatic hydroxyl groups is 2. The number of nitrogens with one attached hydrogen (secondary N) is 1. The van der Waals surface area contributed by atoms with E-state index in [4.69, 9.17) is 0 Å². The molecule has 0 spiro atoms. The Kier molecular flexibility index (Phi) is 4.28. The summed E-state index contributed by atoms with van der Waals surface area (Å²) >= 11 is 0. The third-order valence-corrected chi connectivity index (χ3v) is 2.78. The van der Waals surface area contributed by atoms with E-state index in [9.17, 15) is 10.2 Å². The van der Waals surface area contributed by atoms with E-state index < -0.39 is 0 Å². The third kappa shape index (κ3) is 4.96. The Bertz CT molecular complexity index is 405. The molecular weight excluding hydrogens is 226 g/mol. The zero-order valence-electron chi connectivity index (χ0n) is 12.0. The first-order chi connectivity index (χ1) is 8.09. The minimum atomic E-state index is -0.0762. The van der Waals surface area contributed by atoms with Gasteiger partial charge in [-0.25, -0.2) is 0 Å². The second-order valence-electron chi connectivity index (χ2n) is 6.80. The van der Waals surface area contributed by atoms with Crippen LogP contribution in [0.25, 0.3) is 0 Å². The quantitative estimate of drug-likeness (QED) is 0.719. The molecule has 0 saturated heterocycles. The molecule has 0 radical (unpaired) electrons. The fourth-order valence-electron chi connectivity index (χ4n) is 2.41. The van der Waals surface area contributed by atoms with Crippen molar-refractivity contribution in [2.45, 2.75) is 53.1 Å². The van der Waals surface area contributed by atoms with Gasteiger partial charge in [-0.15, -0.1) is 0 Å². The lowest BCUT2D eigenvalue weighted by Gasteiger charge is -2.33. The van der Waals surface area contributed by atoms with Gasteiger partial charge >= 0.3 is 0 Å². The summed E-state index contributed by atoms with van der Waals surface area (Å²) in [5.74, 6) is -0.143. The smallest absolute Gasteiger partial charge is 0.157 e. The zero-order valence-corrected chi connectivity index (χ0v) is 12.0. The minimum absolute atomic E-state index is 0.0335. The molecule has 18 heavy (non-hydrogen) atoms. The summed E-state index contributed by atoms with van der Waals surface area (Å²) in [6.45, 7) is 11.7. The van der Waals surface area contributed by atoms with E-state index in [1.807, 2.05) is 6.07 Å². The summed E-state index contributed by atoms with van der Waals surface area (Å²) in [5, 5.41) is 22.2. The van der Waals surface area contributed by atoms with Crippen LogP contribution < -0.4 is 5.32 Å². The average Bonchev–Trinajstić information content (AvgIpc) is 2.16. The standard InChI is InChI=1S/C15H25NO2/c1-14(2,3)10-15(4,5)16-9-11-6-7-12(17)13(18)8-11/h6-8,16-18H,9-10H2,1-5H3. The number of phenolic OH excluding ortho intramolecular Hbond substituents is 2. The summed E-state index contributed by atoms with van der Waals surface area (Å²) in [4.78, 5) is 0. The fourth-order valence-corrected chi connectivity index (χ4v) is 2.41. The highest BCUT2D eigenvalue weighted by atomic mass is 16.3. The summed E-state index contributed by atoms with van der Waals surface area (Å²) in [5.41, 5.74) is 1.27. The number of hydrogen-bond donors (Lipinski definition) is 3. The normalized spacial score (nSPS) is 12.7. The summed E-state index contributed by atoms with van der Waals surface area (Å²) < 4.78 is 0. The van der Waals surface area contributed by atoms with Crippen molar-refractivity contribution in [1.82, 2.24) is 5.32 Å². The Hall–Kier alpha value is -1.22. The van der Waals surface area contributed by atoms with Gasteiger partial charge in [0.2, 0.25) is 0 Å². The van der Waals surface area contributed by atoms with E-state index in [1.54, 1.807) is 6.07 Å². The fraction of sp³-hybridized carbons (Fsp3) is 0.600. The average molecular weight is 251 g/mol. The van der Waals surface area contributed by atoms with E-state index in [1.165, 1.54) is 6.07 Å². The SMILES string of the molecule is CC(C)(C)CC(C)(C)NCc1ccc(O)c(O)c1. The molecule has 1 aromatic rings. The second kappa shape index (κ2) is 5.19. The van der Waals surface area contributed by atoms with Crippen molar-refractivity contribution >= 4 is 0 Å². The van der Waals surface area contributed by atoms with Crippen LogP contribution in [0.4, 0.5) is 0 Å². The second-order valence-corrected chi connectivity index (χ2v) is 6.80. The molecule has 1 aromatic carbocycles. The Morgan fingerprint density at radius 3 is 2.11 bits per heavy atom. The van der Waals surface area contributed by atoms with Crippen molar-refractivity contribution in [1.29, 1.82) is 0 Å². The molecule has 0 atom stereocenters. The Morgan fingerprint density at radius 1 is 1.00 bits per heavy atom. The van der Waals surface area contributed by atoms with Gasteiger partial charge in [0, 0.05) is 12.1 Å². The maximum absolute atomic E-state index is 9.44. The van der Waals surface area contributed by atoms with Crippen LogP contribution in [0.1, 0.15) is 46.6 Å². The molecule has 0 bridgehead atoms. The van der Waals surface area contributed by atoms with Crippen LogP contribution in [0.5, 0.6) is 11.5 Å². The summed E-state index contributed by atoms with van der Waals surface area (Å²) in [6, 6.07) is 4.92. The van der Waals surface area contributed by atoms with Crippen molar-refractivity contribution in [3.63, 3.8) is 0 Å². The van der Waals surface area contributed by atoms with E-state index in [0.29, 0.717) is 6.54 Å². The van der Waals surface area contributed by atoms with Crippen LogP contribution in [0.3, 0.4) is 0 Å². The minimum Gasteiger partial charge on any atom is -0.504 e. The molecule has 0 fully saturated rings. The molecule has 0 unspecified atom stereocenters. The van der Waals surface area contributed by atoms with Gasteiger partial charge in [-0.3, -0.25) is 0 Å². The molecule has 0 aliphatic rings. The monoisotopic (exact) mass is 251 g/mol. The Morgan fingerprint density at radius 2 is 1.61 bits per heavy atom. The highest BCUT2D eigenvalue weighted by molar-refractivity contribution is 5.40. The molecule has 102 valence electrons. The van der Waals surface area contributed by atoms with Gasteiger partial charge in [0.25, 0.3) is 0 Å². The van der Waals surface area contributed by atoms with Gasteiger partial charge in [0.1, 0.15) is 0 Å². The molecule has 0 aliphatic carbocycles. The van der Waals surface area contributed by atoms with Crippen LogP contribution in [-0.4, -0.2) is 15.8 Å². The van der Waals surface area contributed by atoms with Crippen molar-refractivity contribution < 1.29 is 10.2 Å². The number of phenols is 2. The lowest BCUT2D eigenvalue weighted by atomic mass is 9.82. The van der Waals surface area contributed by atoms with Gasteiger partial charge in [0.05, 0.1) is 0 Å². The number of hydrogen-bond acceptors (Lipinski definition) is 3. The third-order valence-electron chi connectivity index (χ3n) is 2.78. The highest BCUT2D eigenvalue weighted by Crippen LogP contribution is 2.28. The van der Waals surface area contributed by atoms with E-state index in [-0.39, 0.29) is 22.5 Å². The molecule has 0 amide bonds. The predicted octanol–water partition coefficient (Wildman–Crippen LogP) is 3.40. The summed E-state index contributed by atoms with van der Waals surface area (Å²) in [7, 11) is 0. The van der Waals surface area contributed by atoms with Crippen molar-refractivity contribution in [2.75, 3.05) is 0 Å². The first-order valence-electron chi connectivity index (χ1n) is 6.35. The Balaban J connectivity index is 2.61. The molecule has 0 saturated carbocycles. The lowest BCUT2D eigenvalue weighted by molar-refractivity contribution is 0.240. The molecule has 0 heterocycles. The van der Waals surface area contributed by atoms with Crippen molar-refractivity contribution in [2.24, 2.45) is 5.41 Å². The van der Waals surface area contributed by atoms with Crippen LogP contribution in [0.15, 0.2) is 18.2 Å². The van der Waals surface area contributed by atoms with Gasteiger partial charge < -0.3 is 15.5 Å². The van der Waals surface area contributed by atoms with Crippen LogP contribution in [0.2, 0.25) is 0 Å². The maximum Gasteiger partial charge on any atom is 0.157 e. The molecule has 3 N–H and O–H groups in total. The largest absolute Gasteiger partial charge is 0.504 e. The first kappa shape index (κ1) is 14.8. The maximum atomic E-state index is 9.44. The van der Waals surface area contributed by atoms with Crippen molar-refractivity contribution in [3.8, 4) is 11.5 Å².